The van der Waals surface area contributed by atoms with Crippen molar-refractivity contribution >= 4 is 28.7 Å². The second-order valence-corrected chi connectivity index (χ2v) is 11.3. The molecule has 0 bridgehead atoms. The van der Waals surface area contributed by atoms with Crippen LogP contribution in [0, 0.1) is 11.3 Å². The van der Waals surface area contributed by atoms with Crippen molar-refractivity contribution in [3.8, 4) is 28.3 Å². The van der Waals surface area contributed by atoms with Crippen molar-refractivity contribution in [2.45, 2.75) is 0 Å². The van der Waals surface area contributed by atoms with Crippen molar-refractivity contribution in [2.75, 3.05) is 4.90 Å². The van der Waals surface area contributed by atoms with Crippen molar-refractivity contribution in [3.63, 3.8) is 0 Å². The molecule has 2 heteroatoms. The van der Waals surface area contributed by atoms with Crippen LogP contribution in [-0.4, -0.2) is 0 Å². The predicted molar refractivity (Wildman–Crippen MR) is 197 cm³/mol. The van der Waals surface area contributed by atoms with E-state index in [1.807, 2.05) is 36.4 Å². The van der Waals surface area contributed by atoms with E-state index in [1.165, 1.54) is 11.1 Å². The Hall–Kier alpha value is -6.43. The lowest BCUT2D eigenvalue weighted by Crippen LogP contribution is -2.09. The van der Waals surface area contributed by atoms with Gasteiger partial charge in [0.25, 0.3) is 0 Å². The predicted octanol–water partition coefficient (Wildman–Crippen LogP) is 12.0. The van der Waals surface area contributed by atoms with Crippen LogP contribution in [0.4, 0.5) is 17.1 Å². The van der Waals surface area contributed by atoms with Crippen molar-refractivity contribution in [2.24, 2.45) is 0 Å². The molecule has 0 fully saturated rings. The molecule has 0 heterocycles. The van der Waals surface area contributed by atoms with E-state index in [2.05, 4.69) is 169 Å². The Morgan fingerprint density at radius 1 is 0.447 bits per heavy atom. The summed E-state index contributed by atoms with van der Waals surface area (Å²) in [4.78, 5) is 2.28. The standard InChI is InChI=1S/C45H32N2/c46-33-35-22-26-37(27-23-35)36-24-20-34(21-25-36)32-45(38-12-4-1-5-13-38)44-19-11-10-18-43(44)39-28-30-42(31-29-39)47(40-14-6-2-7-15-40)41-16-8-3-9-17-41/h1-32H/b45-32+. The molecular weight excluding hydrogens is 569 g/mol. The molecule has 0 radical (unpaired) electrons. The lowest BCUT2D eigenvalue weighted by molar-refractivity contribution is 1.28. The first-order valence-corrected chi connectivity index (χ1v) is 15.7. The van der Waals surface area contributed by atoms with Crippen LogP contribution in [0.25, 0.3) is 33.9 Å². The fourth-order valence-corrected chi connectivity index (χ4v) is 5.97. The van der Waals surface area contributed by atoms with Gasteiger partial charge in [0.05, 0.1) is 11.6 Å². The van der Waals surface area contributed by atoms with Gasteiger partial charge < -0.3 is 4.90 Å². The largest absolute Gasteiger partial charge is 0.311 e. The number of nitriles is 1. The maximum atomic E-state index is 9.16. The maximum Gasteiger partial charge on any atom is 0.0991 e. The molecule has 7 aromatic carbocycles. The van der Waals surface area contributed by atoms with Crippen LogP contribution in [0.3, 0.4) is 0 Å². The van der Waals surface area contributed by atoms with Gasteiger partial charge in [0.2, 0.25) is 0 Å². The SMILES string of the molecule is N#Cc1ccc(-c2ccc(/C=C(\c3ccccc3)c3ccccc3-c3ccc(N(c4ccccc4)c4ccccc4)cc3)cc2)cc1. The zero-order valence-electron chi connectivity index (χ0n) is 25.9. The molecule has 7 aromatic rings. The molecule has 222 valence electrons. The van der Waals surface area contributed by atoms with E-state index in [9.17, 15) is 0 Å². The minimum absolute atomic E-state index is 0.666. The molecule has 0 aliphatic heterocycles. The van der Waals surface area contributed by atoms with Gasteiger partial charge in [0, 0.05) is 17.1 Å². The quantitative estimate of drug-likeness (QED) is 0.162. The number of para-hydroxylation sites is 2. The summed E-state index contributed by atoms with van der Waals surface area (Å²) in [6, 6.07) is 67.6. The molecule has 0 amide bonds. The van der Waals surface area contributed by atoms with Gasteiger partial charge in [-0.05, 0) is 99.1 Å². The van der Waals surface area contributed by atoms with Gasteiger partial charge >= 0.3 is 0 Å². The summed E-state index contributed by atoms with van der Waals surface area (Å²) in [5, 5.41) is 9.16. The molecule has 0 aliphatic carbocycles. The minimum Gasteiger partial charge on any atom is -0.311 e. The van der Waals surface area contributed by atoms with Crippen LogP contribution >= 0.6 is 0 Å². The van der Waals surface area contributed by atoms with Crippen molar-refractivity contribution in [3.05, 3.63) is 210 Å². The number of nitrogens with zero attached hydrogens (tertiary/aromatic N) is 2. The monoisotopic (exact) mass is 600 g/mol. The molecule has 0 N–H and O–H groups in total. The Morgan fingerprint density at radius 3 is 1.49 bits per heavy atom. The van der Waals surface area contributed by atoms with Gasteiger partial charge in [-0.2, -0.15) is 5.26 Å². The highest BCUT2D eigenvalue weighted by Crippen LogP contribution is 2.38. The summed E-state index contributed by atoms with van der Waals surface area (Å²) in [7, 11) is 0. The normalized spacial score (nSPS) is 11.1. The van der Waals surface area contributed by atoms with Crippen molar-refractivity contribution < 1.29 is 0 Å². The molecule has 0 atom stereocenters. The van der Waals surface area contributed by atoms with E-state index >= 15 is 0 Å². The molecule has 0 saturated heterocycles. The van der Waals surface area contributed by atoms with Crippen LogP contribution in [-0.2, 0) is 0 Å². The summed E-state index contributed by atoms with van der Waals surface area (Å²) in [5.41, 5.74) is 13.2. The molecule has 2 nitrogen and oxygen atoms in total. The number of hydrogen-bond donors (Lipinski definition) is 0. The highest BCUT2D eigenvalue weighted by Gasteiger charge is 2.15. The first-order valence-electron chi connectivity index (χ1n) is 15.7. The Bertz CT molecular complexity index is 2100. The lowest BCUT2D eigenvalue weighted by atomic mass is 9.89. The number of anilines is 3. The molecule has 0 aliphatic rings. The molecule has 47 heavy (non-hydrogen) atoms. The van der Waals surface area contributed by atoms with Gasteiger partial charge in [-0.25, -0.2) is 0 Å². The third-order valence-corrected chi connectivity index (χ3v) is 8.34. The average Bonchev–Trinajstić information content (AvgIpc) is 3.16. The Kier molecular flexibility index (Phi) is 8.53. The zero-order valence-corrected chi connectivity index (χ0v) is 25.9. The number of hydrogen-bond acceptors (Lipinski definition) is 2. The van der Waals surface area contributed by atoms with Gasteiger partial charge in [-0.3, -0.25) is 0 Å². The molecular formula is C45H32N2. The van der Waals surface area contributed by atoms with E-state index < -0.39 is 0 Å². The Labute approximate surface area is 276 Å². The van der Waals surface area contributed by atoms with E-state index in [0.29, 0.717) is 5.56 Å². The smallest absolute Gasteiger partial charge is 0.0991 e. The third kappa shape index (κ3) is 6.52. The maximum absolute atomic E-state index is 9.16. The van der Waals surface area contributed by atoms with E-state index in [-0.39, 0.29) is 0 Å². The average molecular weight is 601 g/mol. The summed E-state index contributed by atoms with van der Waals surface area (Å²) in [6.45, 7) is 0. The van der Waals surface area contributed by atoms with Crippen LogP contribution < -0.4 is 4.90 Å². The first kappa shape index (κ1) is 29.3. The van der Waals surface area contributed by atoms with Crippen LogP contribution in [0.2, 0.25) is 0 Å². The topological polar surface area (TPSA) is 27.0 Å². The molecule has 0 unspecified atom stereocenters. The Balaban J connectivity index is 1.27. The van der Waals surface area contributed by atoms with Crippen LogP contribution in [0.1, 0.15) is 22.3 Å². The molecule has 0 spiro atoms. The molecule has 0 saturated carbocycles. The fraction of sp³-hybridized carbons (Fsp3) is 0. The Morgan fingerprint density at radius 2 is 0.915 bits per heavy atom. The van der Waals surface area contributed by atoms with E-state index in [4.69, 9.17) is 5.26 Å². The second-order valence-electron chi connectivity index (χ2n) is 11.3. The molecule has 0 aromatic heterocycles. The number of rotatable bonds is 8. The highest BCUT2D eigenvalue weighted by molar-refractivity contribution is 5.97. The highest BCUT2D eigenvalue weighted by atomic mass is 15.1. The van der Waals surface area contributed by atoms with E-state index in [0.717, 1.165) is 50.5 Å². The first-order chi connectivity index (χ1) is 23.3. The van der Waals surface area contributed by atoms with E-state index in [1.54, 1.807) is 0 Å². The lowest BCUT2D eigenvalue weighted by Gasteiger charge is -2.25. The fourth-order valence-electron chi connectivity index (χ4n) is 5.97. The number of benzene rings is 7. The van der Waals surface area contributed by atoms with Gasteiger partial charge in [0.1, 0.15) is 0 Å². The molecule has 7 rings (SSSR count). The minimum atomic E-state index is 0.666. The van der Waals surface area contributed by atoms with Crippen LogP contribution in [0.15, 0.2) is 188 Å². The van der Waals surface area contributed by atoms with Gasteiger partial charge in [-0.1, -0.05) is 140 Å². The summed E-state index contributed by atoms with van der Waals surface area (Å²) < 4.78 is 0. The second kappa shape index (κ2) is 13.7. The third-order valence-electron chi connectivity index (χ3n) is 8.34. The van der Waals surface area contributed by atoms with Crippen molar-refractivity contribution in [1.29, 1.82) is 5.26 Å². The van der Waals surface area contributed by atoms with Crippen molar-refractivity contribution in [1.82, 2.24) is 0 Å². The summed E-state index contributed by atoms with van der Waals surface area (Å²) >= 11 is 0. The van der Waals surface area contributed by atoms with Gasteiger partial charge in [-0.15, -0.1) is 0 Å². The van der Waals surface area contributed by atoms with Crippen LogP contribution in [0.5, 0.6) is 0 Å². The summed E-state index contributed by atoms with van der Waals surface area (Å²) in [5.74, 6) is 0. The zero-order chi connectivity index (χ0) is 31.8. The summed E-state index contributed by atoms with van der Waals surface area (Å²) in [6.07, 6.45) is 2.28. The van der Waals surface area contributed by atoms with Gasteiger partial charge in [0.15, 0.2) is 0 Å².